The van der Waals surface area contributed by atoms with E-state index in [0.29, 0.717) is 6.42 Å². The molecule has 0 aromatic carbocycles. The number of hydrogen-bond donors (Lipinski definition) is 1. The fourth-order valence-corrected chi connectivity index (χ4v) is 1.33. The van der Waals surface area contributed by atoms with Crippen molar-refractivity contribution in [1.29, 1.82) is 0 Å². The van der Waals surface area contributed by atoms with E-state index in [9.17, 15) is 9.59 Å². The molecule has 1 N–H and O–H groups in total. The topological polar surface area (TPSA) is 66.8 Å². The van der Waals surface area contributed by atoms with Gasteiger partial charge < -0.3 is 14.7 Å². The highest BCUT2D eigenvalue weighted by molar-refractivity contribution is 5.86. The third kappa shape index (κ3) is 2.23. The number of likely N-dealkylation sites (N-methyl/N-ethyl adjacent to an activating group) is 1. The molecule has 5 heteroatoms. The molecule has 0 aliphatic heterocycles. The number of carbonyl (C=O) groups is 2. The highest BCUT2D eigenvalue weighted by Crippen LogP contribution is 2.19. The first-order valence-electron chi connectivity index (χ1n) is 4.39. The average molecular weight is 203 g/mol. The molecule has 82 valence electrons. The zero-order chi connectivity index (χ0) is 11.4. The highest BCUT2D eigenvalue weighted by atomic mass is 16.5. The van der Waals surface area contributed by atoms with Gasteiger partial charge in [0.25, 0.3) is 0 Å². The van der Waals surface area contributed by atoms with Crippen LogP contribution >= 0.6 is 0 Å². The summed E-state index contributed by atoms with van der Waals surface area (Å²) in [6.45, 7) is 3.05. The Hall–Kier alpha value is -1.10. The fraction of sp³-hybridized carbons (Fsp3) is 0.778. The maximum absolute atomic E-state index is 11.1. The van der Waals surface area contributed by atoms with Crippen molar-refractivity contribution in [3.63, 3.8) is 0 Å². The summed E-state index contributed by atoms with van der Waals surface area (Å²) in [5.41, 5.74) is -1.25. The summed E-state index contributed by atoms with van der Waals surface area (Å²) in [6.07, 6.45) is 0.312. The molecule has 0 heterocycles. The highest BCUT2D eigenvalue weighted by Gasteiger charge is 2.42. The van der Waals surface area contributed by atoms with Gasteiger partial charge in [-0.3, -0.25) is 4.79 Å². The van der Waals surface area contributed by atoms with Gasteiger partial charge in [0.1, 0.15) is 0 Å². The van der Waals surface area contributed by atoms with Crippen LogP contribution in [0.15, 0.2) is 0 Å². The number of aliphatic carboxylic acids is 1. The fourth-order valence-electron chi connectivity index (χ4n) is 1.33. The predicted octanol–water partition coefficient (Wildman–Crippen LogP) is 0.344. The molecule has 0 saturated heterocycles. The van der Waals surface area contributed by atoms with Crippen molar-refractivity contribution >= 4 is 11.9 Å². The van der Waals surface area contributed by atoms with Crippen LogP contribution in [0.4, 0.5) is 0 Å². The van der Waals surface area contributed by atoms with E-state index in [0.717, 1.165) is 0 Å². The summed E-state index contributed by atoms with van der Waals surface area (Å²) >= 11 is 0. The molecule has 0 saturated carbocycles. The molecule has 1 unspecified atom stereocenters. The number of amides is 1. The number of rotatable bonds is 5. The molecule has 0 radical (unpaired) electrons. The van der Waals surface area contributed by atoms with Crippen molar-refractivity contribution in [3.05, 3.63) is 0 Å². The Morgan fingerprint density at radius 1 is 1.50 bits per heavy atom. The lowest BCUT2D eigenvalue weighted by atomic mass is 9.95. The first kappa shape index (κ1) is 12.9. The van der Waals surface area contributed by atoms with Crippen LogP contribution in [0.2, 0.25) is 0 Å². The second-order valence-electron chi connectivity index (χ2n) is 3.20. The summed E-state index contributed by atoms with van der Waals surface area (Å²) in [4.78, 5) is 23.5. The number of methoxy groups -OCH3 is 1. The summed E-state index contributed by atoms with van der Waals surface area (Å²) in [7, 11) is 2.89. The lowest BCUT2D eigenvalue weighted by Crippen LogP contribution is -2.57. The van der Waals surface area contributed by atoms with Crippen LogP contribution in [0.5, 0.6) is 0 Å². The molecule has 5 nitrogen and oxygen atoms in total. The molecule has 0 aliphatic rings. The van der Waals surface area contributed by atoms with Crippen molar-refractivity contribution in [3.8, 4) is 0 Å². The Morgan fingerprint density at radius 3 is 2.21 bits per heavy atom. The molecule has 0 aliphatic carbocycles. The summed E-state index contributed by atoms with van der Waals surface area (Å²) in [6, 6.07) is 0. The second kappa shape index (κ2) is 4.95. The zero-order valence-corrected chi connectivity index (χ0v) is 9.03. The Bertz CT molecular complexity index is 229. The van der Waals surface area contributed by atoms with Gasteiger partial charge in [-0.05, 0) is 6.42 Å². The Morgan fingerprint density at radius 2 is 2.00 bits per heavy atom. The van der Waals surface area contributed by atoms with E-state index in [2.05, 4.69) is 0 Å². The quantitative estimate of drug-likeness (QED) is 0.700. The van der Waals surface area contributed by atoms with Gasteiger partial charge in [0.2, 0.25) is 5.91 Å². The molecule has 0 aromatic heterocycles. The minimum atomic E-state index is -1.25. The lowest BCUT2D eigenvalue weighted by molar-refractivity contribution is -0.161. The number of carbonyl (C=O) groups excluding carboxylic acids is 1. The van der Waals surface area contributed by atoms with Crippen LogP contribution in [-0.2, 0) is 14.3 Å². The Kier molecular flexibility index (Phi) is 4.56. The van der Waals surface area contributed by atoms with Crippen molar-refractivity contribution in [2.45, 2.75) is 25.8 Å². The zero-order valence-electron chi connectivity index (χ0n) is 9.03. The molecule has 0 spiro atoms. The third-order valence-corrected chi connectivity index (χ3v) is 2.48. The Labute approximate surface area is 83.6 Å². The van der Waals surface area contributed by atoms with E-state index < -0.39 is 11.5 Å². The normalized spacial score (nSPS) is 14.6. The van der Waals surface area contributed by atoms with Crippen molar-refractivity contribution in [2.75, 3.05) is 20.8 Å². The van der Waals surface area contributed by atoms with Gasteiger partial charge in [-0.15, -0.1) is 0 Å². The minimum absolute atomic E-state index is 0.00505. The monoisotopic (exact) mass is 203 g/mol. The summed E-state index contributed by atoms with van der Waals surface area (Å²) in [5.74, 6) is -1.33. The predicted molar refractivity (Wildman–Crippen MR) is 51.0 cm³/mol. The molecule has 0 fully saturated rings. The van der Waals surface area contributed by atoms with Gasteiger partial charge in [0.05, 0.1) is 6.61 Å². The van der Waals surface area contributed by atoms with Crippen LogP contribution in [0, 0.1) is 0 Å². The molecule has 0 aromatic rings. The van der Waals surface area contributed by atoms with Crippen LogP contribution in [0.3, 0.4) is 0 Å². The van der Waals surface area contributed by atoms with Gasteiger partial charge in [0.15, 0.2) is 5.54 Å². The molecular weight excluding hydrogens is 186 g/mol. The van der Waals surface area contributed by atoms with Crippen molar-refractivity contribution < 1.29 is 19.4 Å². The molecule has 0 rings (SSSR count). The maximum atomic E-state index is 11.1. The molecule has 1 amide bonds. The molecule has 14 heavy (non-hydrogen) atoms. The number of ether oxygens (including phenoxy) is 1. The first-order chi connectivity index (χ1) is 6.42. The molecular formula is C9H17NO4. The number of carboxylic acids is 1. The van der Waals surface area contributed by atoms with Crippen molar-refractivity contribution in [2.24, 2.45) is 0 Å². The largest absolute Gasteiger partial charge is 0.479 e. The second-order valence-corrected chi connectivity index (χ2v) is 3.20. The van der Waals surface area contributed by atoms with Crippen LogP contribution in [0.25, 0.3) is 0 Å². The van der Waals surface area contributed by atoms with Gasteiger partial charge in [-0.2, -0.15) is 0 Å². The van der Waals surface area contributed by atoms with Gasteiger partial charge in [-0.25, -0.2) is 4.79 Å². The van der Waals surface area contributed by atoms with E-state index in [1.807, 2.05) is 0 Å². The van der Waals surface area contributed by atoms with Crippen molar-refractivity contribution in [1.82, 2.24) is 4.90 Å². The Balaban J connectivity index is 5.02. The number of nitrogens with zero attached hydrogens (tertiary/aromatic N) is 1. The first-order valence-corrected chi connectivity index (χ1v) is 4.39. The van der Waals surface area contributed by atoms with Crippen LogP contribution in [0.1, 0.15) is 20.3 Å². The van der Waals surface area contributed by atoms with Gasteiger partial charge in [-0.1, -0.05) is 6.92 Å². The molecule has 1 atom stereocenters. The van der Waals surface area contributed by atoms with E-state index in [-0.39, 0.29) is 12.5 Å². The molecule has 0 bridgehead atoms. The van der Waals surface area contributed by atoms with Gasteiger partial charge >= 0.3 is 5.97 Å². The van der Waals surface area contributed by atoms with E-state index >= 15 is 0 Å². The van der Waals surface area contributed by atoms with E-state index in [4.69, 9.17) is 9.84 Å². The smallest absolute Gasteiger partial charge is 0.332 e. The third-order valence-electron chi connectivity index (χ3n) is 2.48. The summed E-state index contributed by atoms with van der Waals surface area (Å²) in [5, 5.41) is 9.10. The number of hydrogen-bond acceptors (Lipinski definition) is 3. The van der Waals surface area contributed by atoms with Crippen LogP contribution < -0.4 is 0 Å². The lowest BCUT2D eigenvalue weighted by Gasteiger charge is -2.36. The van der Waals surface area contributed by atoms with E-state index in [1.165, 1.54) is 26.0 Å². The SMILES string of the molecule is CCC(COC)(C(=O)O)N(C)C(C)=O. The maximum Gasteiger partial charge on any atom is 0.332 e. The van der Waals surface area contributed by atoms with Crippen LogP contribution in [-0.4, -0.2) is 48.2 Å². The minimum Gasteiger partial charge on any atom is -0.479 e. The summed E-state index contributed by atoms with van der Waals surface area (Å²) < 4.78 is 4.86. The number of carboxylic acid groups (broad SMARTS) is 1. The standard InChI is InChI=1S/C9H17NO4/c1-5-9(6-14-4,8(12)13)10(3)7(2)11/h5-6H2,1-4H3,(H,12,13). The average Bonchev–Trinajstić information content (AvgIpc) is 2.12. The van der Waals surface area contributed by atoms with E-state index in [1.54, 1.807) is 6.92 Å². The van der Waals surface area contributed by atoms with Gasteiger partial charge in [0, 0.05) is 21.1 Å².